The number of hydrogen-bond donors (Lipinski definition) is 3. The van der Waals surface area contributed by atoms with Gasteiger partial charge >= 0.3 is 0 Å². The van der Waals surface area contributed by atoms with Crippen molar-refractivity contribution in [2.24, 2.45) is 0 Å². The number of aromatic nitrogens is 2. The Morgan fingerprint density at radius 3 is 3.00 bits per heavy atom. The van der Waals surface area contributed by atoms with E-state index in [2.05, 4.69) is 15.3 Å². The minimum atomic E-state index is -0.702. The van der Waals surface area contributed by atoms with Gasteiger partial charge in [0.05, 0.1) is 5.39 Å². The summed E-state index contributed by atoms with van der Waals surface area (Å²) >= 11 is 0. The molecule has 3 N–H and O–H groups in total. The summed E-state index contributed by atoms with van der Waals surface area (Å²) in [5.41, 5.74) is -0.0542. The van der Waals surface area contributed by atoms with Crippen molar-refractivity contribution in [3.05, 3.63) is 58.0 Å². The molecule has 1 aliphatic rings. The zero-order valence-corrected chi connectivity index (χ0v) is 12.9. The van der Waals surface area contributed by atoms with E-state index in [4.69, 9.17) is 9.47 Å². The zero-order chi connectivity index (χ0) is 17.4. The van der Waals surface area contributed by atoms with Crippen LogP contribution in [0.3, 0.4) is 0 Å². The Balaban J connectivity index is 1.59. The highest BCUT2D eigenvalue weighted by molar-refractivity contribution is 6.01. The first-order valence-electron chi connectivity index (χ1n) is 7.50. The predicted octanol–water partition coefficient (Wildman–Crippen LogP) is 1.29. The highest BCUT2D eigenvalue weighted by atomic mass is 16.7. The second kappa shape index (κ2) is 5.82. The molecule has 0 unspecified atom stereocenters. The molecular formula is C17H13N3O5. The Morgan fingerprint density at radius 1 is 1.28 bits per heavy atom. The first kappa shape index (κ1) is 15.0. The quantitative estimate of drug-likeness (QED) is 0.662. The maximum Gasteiger partial charge on any atom is 0.266 e. The Labute approximate surface area is 141 Å². The van der Waals surface area contributed by atoms with Crippen molar-refractivity contribution in [2.75, 3.05) is 6.79 Å². The Hall–Kier alpha value is -3.55. The van der Waals surface area contributed by atoms with Gasteiger partial charge in [-0.3, -0.25) is 9.59 Å². The molecular weight excluding hydrogens is 326 g/mol. The number of fused-ring (bicyclic) bond motifs is 2. The number of nitrogens with one attached hydrogen (secondary N) is 2. The van der Waals surface area contributed by atoms with E-state index < -0.39 is 17.2 Å². The summed E-state index contributed by atoms with van der Waals surface area (Å²) in [4.78, 5) is 30.9. The smallest absolute Gasteiger partial charge is 0.266 e. The molecule has 0 spiro atoms. The first-order chi connectivity index (χ1) is 12.1. The van der Waals surface area contributed by atoms with Gasteiger partial charge in [0.2, 0.25) is 6.79 Å². The number of H-pyrrole nitrogens is 1. The van der Waals surface area contributed by atoms with Crippen LogP contribution >= 0.6 is 0 Å². The molecule has 8 heteroatoms. The lowest BCUT2D eigenvalue weighted by Gasteiger charge is -2.08. The second-order valence-electron chi connectivity index (χ2n) is 5.45. The van der Waals surface area contributed by atoms with Crippen molar-refractivity contribution in [1.29, 1.82) is 0 Å². The molecule has 25 heavy (non-hydrogen) atoms. The highest BCUT2D eigenvalue weighted by Crippen LogP contribution is 2.32. The Bertz CT molecular complexity index is 1040. The van der Waals surface area contributed by atoms with Gasteiger partial charge in [0, 0.05) is 12.7 Å². The largest absolute Gasteiger partial charge is 0.506 e. The number of benzene rings is 1. The molecule has 0 bridgehead atoms. The number of aromatic amines is 1. The normalized spacial score (nSPS) is 12.3. The number of pyridine rings is 2. The van der Waals surface area contributed by atoms with Crippen LogP contribution in [0.4, 0.5) is 0 Å². The van der Waals surface area contributed by atoms with Gasteiger partial charge in [-0.2, -0.15) is 0 Å². The number of hydrogen-bond acceptors (Lipinski definition) is 6. The van der Waals surface area contributed by atoms with Gasteiger partial charge in [0.25, 0.3) is 11.5 Å². The van der Waals surface area contributed by atoms with Gasteiger partial charge in [0.1, 0.15) is 17.0 Å². The molecule has 126 valence electrons. The molecule has 2 aromatic heterocycles. The third-order valence-corrected chi connectivity index (χ3v) is 3.88. The zero-order valence-electron chi connectivity index (χ0n) is 12.9. The molecule has 1 aromatic carbocycles. The van der Waals surface area contributed by atoms with Crippen LogP contribution in [-0.4, -0.2) is 27.8 Å². The van der Waals surface area contributed by atoms with Gasteiger partial charge in [-0.1, -0.05) is 6.07 Å². The van der Waals surface area contributed by atoms with Crippen LogP contribution in [0, 0.1) is 0 Å². The van der Waals surface area contributed by atoms with Crippen molar-refractivity contribution in [3.63, 3.8) is 0 Å². The summed E-state index contributed by atoms with van der Waals surface area (Å²) < 4.78 is 10.5. The molecule has 3 aromatic rings. The molecule has 8 nitrogen and oxygen atoms in total. The van der Waals surface area contributed by atoms with E-state index in [1.807, 2.05) is 0 Å². The lowest BCUT2D eigenvalue weighted by Crippen LogP contribution is -2.29. The number of amides is 1. The number of ether oxygens (including phenoxy) is 2. The van der Waals surface area contributed by atoms with E-state index in [0.717, 1.165) is 5.56 Å². The SMILES string of the molecule is O=C(NCc1ccc2c(c1)OCO2)c1c(O)c2cccnc2[nH]c1=O. The number of carbonyl (C=O) groups is 1. The molecule has 1 amide bonds. The van der Waals surface area contributed by atoms with Crippen LogP contribution in [-0.2, 0) is 6.54 Å². The van der Waals surface area contributed by atoms with Crippen LogP contribution in [0.15, 0.2) is 41.3 Å². The average molecular weight is 339 g/mol. The van der Waals surface area contributed by atoms with E-state index in [1.54, 1.807) is 30.3 Å². The van der Waals surface area contributed by atoms with E-state index in [-0.39, 0.29) is 24.5 Å². The molecule has 0 atom stereocenters. The fourth-order valence-corrected chi connectivity index (χ4v) is 2.64. The van der Waals surface area contributed by atoms with Gasteiger partial charge in [-0.05, 0) is 29.8 Å². The fourth-order valence-electron chi connectivity index (χ4n) is 2.64. The summed E-state index contributed by atoms with van der Waals surface area (Å²) in [7, 11) is 0. The molecule has 0 fully saturated rings. The summed E-state index contributed by atoms with van der Waals surface area (Å²) in [5, 5.41) is 13.2. The third kappa shape index (κ3) is 2.63. The summed E-state index contributed by atoms with van der Waals surface area (Å²) in [5.74, 6) is 0.174. The Morgan fingerprint density at radius 2 is 2.12 bits per heavy atom. The molecule has 4 rings (SSSR count). The molecule has 0 aliphatic carbocycles. The van der Waals surface area contributed by atoms with Gasteiger partial charge in [-0.15, -0.1) is 0 Å². The minimum absolute atomic E-state index is 0.166. The van der Waals surface area contributed by atoms with Gasteiger partial charge in [-0.25, -0.2) is 4.98 Å². The second-order valence-corrected chi connectivity index (χ2v) is 5.45. The molecule has 3 heterocycles. The van der Waals surface area contributed by atoms with Crippen molar-refractivity contribution < 1.29 is 19.4 Å². The van der Waals surface area contributed by atoms with E-state index >= 15 is 0 Å². The van der Waals surface area contributed by atoms with Crippen molar-refractivity contribution in [3.8, 4) is 17.2 Å². The molecule has 0 saturated heterocycles. The molecule has 0 radical (unpaired) electrons. The van der Waals surface area contributed by atoms with Crippen molar-refractivity contribution >= 4 is 16.9 Å². The van der Waals surface area contributed by atoms with Crippen LogP contribution < -0.4 is 20.3 Å². The summed E-state index contributed by atoms with van der Waals surface area (Å²) in [6.45, 7) is 0.332. The lowest BCUT2D eigenvalue weighted by molar-refractivity contribution is 0.0947. The maximum absolute atomic E-state index is 12.4. The number of nitrogens with zero attached hydrogens (tertiary/aromatic N) is 1. The standard InChI is InChI=1S/C17H13N3O5/c21-14-10-2-1-5-18-15(10)20-17(23)13(14)16(22)19-7-9-3-4-11-12(6-9)25-8-24-11/h1-6H,7-8H2,(H,19,22)(H2,18,20,21,23). The van der Waals surface area contributed by atoms with Crippen LogP contribution in [0.2, 0.25) is 0 Å². The van der Waals surface area contributed by atoms with Crippen molar-refractivity contribution in [2.45, 2.75) is 6.54 Å². The number of carbonyl (C=O) groups excluding carboxylic acids is 1. The van der Waals surface area contributed by atoms with E-state index in [1.165, 1.54) is 6.20 Å². The monoisotopic (exact) mass is 339 g/mol. The summed E-state index contributed by atoms with van der Waals surface area (Å²) in [6.07, 6.45) is 1.48. The lowest BCUT2D eigenvalue weighted by atomic mass is 10.1. The minimum Gasteiger partial charge on any atom is -0.506 e. The fraction of sp³-hybridized carbons (Fsp3) is 0.118. The van der Waals surface area contributed by atoms with Gasteiger partial charge < -0.3 is 24.9 Å². The molecule has 0 saturated carbocycles. The first-order valence-corrected chi connectivity index (χ1v) is 7.50. The van der Waals surface area contributed by atoms with E-state index in [0.29, 0.717) is 16.9 Å². The topological polar surface area (TPSA) is 114 Å². The predicted molar refractivity (Wildman–Crippen MR) is 87.8 cm³/mol. The Kier molecular flexibility index (Phi) is 3.50. The maximum atomic E-state index is 12.4. The van der Waals surface area contributed by atoms with Crippen LogP contribution in [0.25, 0.3) is 11.0 Å². The van der Waals surface area contributed by atoms with Crippen LogP contribution in [0.1, 0.15) is 15.9 Å². The number of rotatable bonds is 3. The van der Waals surface area contributed by atoms with E-state index in [9.17, 15) is 14.7 Å². The van der Waals surface area contributed by atoms with Gasteiger partial charge in [0.15, 0.2) is 11.5 Å². The van der Waals surface area contributed by atoms with Crippen LogP contribution in [0.5, 0.6) is 17.2 Å². The highest BCUT2D eigenvalue weighted by Gasteiger charge is 2.20. The molecule has 1 aliphatic heterocycles. The summed E-state index contributed by atoms with van der Waals surface area (Å²) in [6, 6.07) is 8.45. The third-order valence-electron chi connectivity index (χ3n) is 3.88. The van der Waals surface area contributed by atoms with Crippen molar-refractivity contribution in [1.82, 2.24) is 15.3 Å². The average Bonchev–Trinajstić information content (AvgIpc) is 3.07. The number of aromatic hydroxyl groups is 1.